The number of benzene rings is 1. The van der Waals surface area contributed by atoms with Crippen molar-refractivity contribution in [1.29, 1.82) is 0 Å². The zero-order valence-electron chi connectivity index (χ0n) is 14.2. The smallest absolute Gasteiger partial charge is 0.319 e. The third kappa shape index (κ3) is 4.70. The van der Waals surface area contributed by atoms with Gasteiger partial charge in [-0.3, -0.25) is 0 Å². The lowest BCUT2D eigenvalue weighted by molar-refractivity contribution is 0.252. The zero-order chi connectivity index (χ0) is 17.5. The average Bonchev–Trinajstić information content (AvgIpc) is 2.63. The van der Waals surface area contributed by atoms with Gasteiger partial charge < -0.3 is 21.1 Å². The molecule has 0 atom stereocenters. The molecular formula is C19H24N4O2. The molecule has 1 aromatic heterocycles. The number of urea groups is 1. The van der Waals surface area contributed by atoms with Crippen LogP contribution in [0.15, 0.2) is 36.4 Å². The van der Waals surface area contributed by atoms with Gasteiger partial charge in [0.2, 0.25) is 0 Å². The number of aromatic nitrogens is 1. The molecule has 132 valence electrons. The maximum Gasteiger partial charge on any atom is 0.319 e. The normalized spacial score (nSPS) is 12.8. The van der Waals surface area contributed by atoms with E-state index >= 15 is 0 Å². The molecule has 0 radical (unpaired) electrons. The van der Waals surface area contributed by atoms with E-state index in [1.54, 1.807) is 0 Å². The third-order valence-electron chi connectivity index (χ3n) is 4.27. The molecule has 1 aliphatic heterocycles. The largest absolute Gasteiger partial charge is 0.396 e. The van der Waals surface area contributed by atoms with E-state index < -0.39 is 0 Å². The van der Waals surface area contributed by atoms with Crippen LogP contribution in [-0.4, -0.2) is 35.8 Å². The van der Waals surface area contributed by atoms with Crippen LogP contribution in [-0.2, 0) is 19.3 Å². The molecule has 0 unspecified atom stereocenters. The molecule has 6 nitrogen and oxygen atoms in total. The van der Waals surface area contributed by atoms with Gasteiger partial charge in [-0.15, -0.1) is 0 Å². The number of nitrogens with one attached hydrogen (secondary N) is 3. The summed E-state index contributed by atoms with van der Waals surface area (Å²) < 4.78 is 0. The minimum atomic E-state index is -0.249. The Kier molecular flexibility index (Phi) is 5.85. The second kappa shape index (κ2) is 8.48. The first-order valence-electron chi connectivity index (χ1n) is 8.72. The van der Waals surface area contributed by atoms with Gasteiger partial charge in [-0.05, 0) is 42.5 Å². The number of aryl methyl sites for hydroxylation is 1. The molecule has 2 amide bonds. The van der Waals surface area contributed by atoms with Crippen molar-refractivity contribution in [3.8, 4) is 0 Å². The maximum atomic E-state index is 12.1. The Morgan fingerprint density at radius 2 is 2.08 bits per heavy atom. The second-order valence-corrected chi connectivity index (χ2v) is 6.10. The van der Waals surface area contributed by atoms with Crippen molar-refractivity contribution >= 4 is 17.5 Å². The predicted molar refractivity (Wildman–Crippen MR) is 99.0 cm³/mol. The zero-order valence-corrected chi connectivity index (χ0v) is 14.2. The van der Waals surface area contributed by atoms with E-state index in [4.69, 9.17) is 5.11 Å². The molecule has 6 heteroatoms. The van der Waals surface area contributed by atoms with Crippen LogP contribution in [0.3, 0.4) is 0 Å². The number of aliphatic hydroxyl groups is 1. The predicted octanol–water partition coefficient (Wildman–Crippen LogP) is 2.34. The van der Waals surface area contributed by atoms with Gasteiger partial charge in [0, 0.05) is 37.5 Å². The fourth-order valence-corrected chi connectivity index (χ4v) is 2.96. The number of nitrogens with zero attached hydrogens (tertiary/aromatic N) is 1. The van der Waals surface area contributed by atoms with Crippen molar-refractivity contribution in [1.82, 2.24) is 10.3 Å². The molecular weight excluding hydrogens is 316 g/mol. The summed E-state index contributed by atoms with van der Waals surface area (Å²) >= 11 is 0. The Morgan fingerprint density at radius 1 is 1.20 bits per heavy atom. The second-order valence-electron chi connectivity index (χ2n) is 6.10. The number of rotatable bonds is 6. The minimum Gasteiger partial charge on any atom is -0.396 e. The van der Waals surface area contributed by atoms with E-state index in [0.29, 0.717) is 19.4 Å². The van der Waals surface area contributed by atoms with E-state index in [2.05, 4.69) is 27.0 Å². The number of hydrogen-bond donors (Lipinski definition) is 4. The number of amides is 2. The number of hydrogen-bond acceptors (Lipinski definition) is 4. The maximum absolute atomic E-state index is 12.1. The van der Waals surface area contributed by atoms with Crippen LogP contribution >= 0.6 is 0 Å². The summed E-state index contributed by atoms with van der Waals surface area (Å²) in [5.41, 5.74) is 3.88. The lowest BCUT2D eigenvalue weighted by Gasteiger charge is -2.17. The summed E-state index contributed by atoms with van der Waals surface area (Å²) in [7, 11) is 0. The molecule has 2 aromatic rings. The van der Waals surface area contributed by atoms with E-state index in [-0.39, 0.29) is 12.6 Å². The Morgan fingerprint density at radius 3 is 2.96 bits per heavy atom. The first-order valence-corrected chi connectivity index (χ1v) is 8.72. The van der Waals surface area contributed by atoms with Crippen molar-refractivity contribution in [2.45, 2.75) is 25.7 Å². The molecule has 1 aliphatic rings. The highest BCUT2D eigenvalue weighted by Gasteiger charge is 2.10. The molecule has 0 saturated carbocycles. The van der Waals surface area contributed by atoms with Crippen molar-refractivity contribution in [3.05, 3.63) is 53.2 Å². The number of carbonyl (C=O) groups is 1. The first-order chi connectivity index (χ1) is 12.3. The molecule has 2 heterocycles. The molecule has 0 fully saturated rings. The SMILES string of the molecule is O=C(NCCc1ccc2c(n1)NCCC2)Nc1ccccc1CCO. The highest BCUT2D eigenvalue weighted by Crippen LogP contribution is 2.19. The number of aliphatic hydroxyl groups excluding tert-OH is 1. The Bertz CT molecular complexity index is 733. The van der Waals surface area contributed by atoms with Crippen LogP contribution in [0.25, 0.3) is 0 Å². The summed E-state index contributed by atoms with van der Waals surface area (Å²) in [6, 6.07) is 11.4. The van der Waals surface area contributed by atoms with Gasteiger partial charge in [0.15, 0.2) is 0 Å². The molecule has 3 rings (SSSR count). The van der Waals surface area contributed by atoms with Crippen molar-refractivity contribution in [3.63, 3.8) is 0 Å². The van der Waals surface area contributed by atoms with Gasteiger partial charge in [0.1, 0.15) is 5.82 Å². The van der Waals surface area contributed by atoms with E-state index in [9.17, 15) is 4.79 Å². The molecule has 0 spiro atoms. The minimum absolute atomic E-state index is 0.0539. The van der Waals surface area contributed by atoms with Gasteiger partial charge in [0.05, 0.1) is 0 Å². The van der Waals surface area contributed by atoms with Crippen LogP contribution in [0, 0.1) is 0 Å². The van der Waals surface area contributed by atoms with Crippen LogP contribution < -0.4 is 16.0 Å². The van der Waals surface area contributed by atoms with E-state index in [1.165, 1.54) is 5.56 Å². The summed E-state index contributed by atoms with van der Waals surface area (Å²) in [6.45, 7) is 1.54. The molecule has 0 saturated heterocycles. The lowest BCUT2D eigenvalue weighted by atomic mass is 10.1. The van der Waals surface area contributed by atoms with Crippen LogP contribution in [0.1, 0.15) is 23.2 Å². The van der Waals surface area contributed by atoms with Crippen LogP contribution in [0.5, 0.6) is 0 Å². The summed E-state index contributed by atoms with van der Waals surface area (Å²) in [6.07, 6.45) is 3.42. The fourth-order valence-electron chi connectivity index (χ4n) is 2.96. The van der Waals surface area contributed by atoms with Gasteiger partial charge in [-0.1, -0.05) is 24.3 Å². The van der Waals surface area contributed by atoms with Gasteiger partial charge >= 0.3 is 6.03 Å². The van der Waals surface area contributed by atoms with E-state index in [0.717, 1.165) is 42.1 Å². The van der Waals surface area contributed by atoms with Crippen molar-refractivity contribution in [2.75, 3.05) is 30.3 Å². The third-order valence-corrected chi connectivity index (χ3v) is 4.27. The number of pyridine rings is 1. The average molecular weight is 340 g/mol. The van der Waals surface area contributed by atoms with Gasteiger partial charge in [0.25, 0.3) is 0 Å². The Labute approximate surface area is 147 Å². The quantitative estimate of drug-likeness (QED) is 0.650. The standard InChI is InChI=1S/C19H24N4O2/c24-13-10-14-4-1-2-6-17(14)23-19(25)21-12-9-16-8-7-15-5-3-11-20-18(15)22-16/h1-2,4,6-8,24H,3,5,9-13H2,(H,20,22)(H2,21,23,25). The molecule has 0 bridgehead atoms. The summed E-state index contributed by atoms with van der Waals surface area (Å²) in [4.78, 5) is 16.7. The molecule has 4 N–H and O–H groups in total. The highest BCUT2D eigenvalue weighted by atomic mass is 16.3. The topological polar surface area (TPSA) is 86.3 Å². The number of anilines is 2. The van der Waals surface area contributed by atoms with Crippen molar-refractivity contribution < 1.29 is 9.90 Å². The lowest BCUT2D eigenvalue weighted by Crippen LogP contribution is -2.31. The number of para-hydroxylation sites is 1. The fraction of sp³-hybridized carbons (Fsp3) is 0.368. The Hall–Kier alpha value is -2.60. The first kappa shape index (κ1) is 17.2. The van der Waals surface area contributed by atoms with Gasteiger partial charge in [-0.2, -0.15) is 0 Å². The van der Waals surface area contributed by atoms with Crippen LogP contribution in [0.4, 0.5) is 16.3 Å². The highest BCUT2D eigenvalue weighted by molar-refractivity contribution is 5.90. The molecule has 1 aromatic carbocycles. The van der Waals surface area contributed by atoms with Crippen LogP contribution in [0.2, 0.25) is 0 Å². The Balaban J connectivity index is 1.50. The monoisotopic (exact) mass is 340 g/mol. The van der Waals surface area contributed by atoms with Gasteiger partial charge in [-0.25, -0.2) is 9.78 Å². The van der Waals surface area contributed by atoms with E-state index in [1.807, 2.05) is 30.3 Å². The summed E-state index contributed by atoms with van der Waals surface area (Å²) in [5, 5.41) is 18.1. The molecule has 25 heavy (non-hydrogen) atoms. The number of fused-ring (bicyclic) bond motifs is 1. The summed E-state index contributed by atoms with van der Waals surface area (Å²) in [5.74, 6) is 0.978. The molecule has 0 aliphatic carbocycles. The van der Waals surface area contributed by atoms with Crippen molar-refractivity contribution in [2.24, 2.45) is 0 Å². The number of carbonyl (C=O) groups excluding carboxylic acids is 1.